The van der Waals surface area contributed by atoms with E-state index in [1.165, 1.54) is 24.3 Å². The van der Waals surface area contributed by atoms with Crippen LogP contribution in [0.15, 0.2) is 65.1 Å². The Labute approximate surface area is 143 Å². The van der Waals surface area contributed by atoms with E-state index in [9.17, 15) is 9.18 Å². The minimum Gasteiger partial charge on any atom is -0.486 e. The molecule has 0 unspecified atom stereocenters. The van der Waals surface area contributed by atoms with Crippen LogP contribution in [0.1, 0.15) is 21.9 Å². The molecule has 0 radical (unpaired) electrons. The first-order valence-electron chi connectivity index (χ1n) is 7.42. The van der Waals surface area contributed by atoms with Gasteiger partial charge >= 0.3 is 0 Å². The molecule has 0 saturated heterocycles. The van der Waals surface area contributed by atoms with Crippen molar-refractivity contribution in [2.75, 3.05) is 5.32 Å². The molecule has 1 heterocycles. The number of furan rings is 1. The van der Waals surface area contributed by atoms with Crippen LogP contribution in [0.5, 0.6) is 5.75 Å². The number of nitriles is 1. The highest BCUT2D eigenvalue weighted by Gasteiger charge is 2.12. The summed E-state index contributed by atoms with van der Waals surface area (Å²) >= 11 is 0. The van der Waals surface area contributed by atoms with Crippen LogP contribution in [0, 0.1) is 17.1 Å². The summed E-state index contributed by atoms with van der Waals surface area (Å²) < 4.78 is 23.7. The van der Waals surface area contributed by atoms with Crippen molar-refractivity contribution in [2.45, 2.75) is 6.61 Å². The van der Waals surface area contributed by atoms with Gasteiger partial charge in [0.05, 0.1) is 11.6 Å². The number of nitrogens with one attached hydrogen (secondary N) is 1. The fourth-order valence-corrected chi connectivity index (χ4v) is 2.08. The molecular formula is C19H13FN2O3. The molecule has 124 valence electrons. The second-order valence-corrected chi connectivity index (χ2v) is 5.15. The highest BCUT2D eigenvalue weighted by molar-refractivity contribution is 6.02. The average Bonchev–Trinajstić information content (AvgIpc) is 3.11. The molecule has 0 spiro atoms. The topological polar surface area (TPSA) is 75.3 Å². The summed E-state index contributed by atoms with van der Waals surface area (Å²) in [5.41, 5.74) is 1.07. The number of amides is 1. The molecule has 0 fully saturated rings. The van der Waals surface area contributed by atoms with Crippen LogP contribution in [-0.4, -0.2) is 5.91 Å². The van der Waals surface area contributed by atoms with E-state index in [-0.39, 0.29) is 18.2 Å². The third kappa shape index (κ3) is 4.24. The molecule has 3 aromatic rings. The van der Waals surface area contributed by atoms with Gasteiger partial charge in [0.15, 0.2) is 5.76 Å². The summed E-state index contributed by atoms with van der Waals surface area (Å²) in [5, 5.41) is 11.4. The summed E-state index contributed by atoms with van der Waals surface area (Å²) in [5.74, 6) is 0.364. The minimum atomic E-state index is -0.405. The maximum atomic E-state index is 12.8. The predicted octanol–water partition coefficient (Wildman–Crippen LogP) is 4.12. The van der Waals surface area contributed by atoms with E-state index in [0.29, 0.717) is 22.8 Å². The molecule has 5 nitrogen and oxygen atoms in total. The Morgan fingerprint density at radius 2 is 1.80 bits per heavy atom. The third-order valence-electron chi connectivity index (χ3n) is 3.35. The first-order valence-corrected chi connectivity index (χ1v) is 7.42. The number of rotatable bonds is 5. The van der Waals surface area contributed by atoms with E-state index in [0.717, 1.165) is 0 Å². The predicted molar refractivity (Wildman–Crippen MR) is 88.6 cm³/mol. The Hall–Kier alpha value is -3.59. The maximum Gasteiger partial charge on any atom is 0.291 e. The van der Waals surface area contributed by atoms with Gasteiger partial charge in [-0.1, -0.05) is 0 Å². The Morgan fingerprint density at radius 1 is 1.08 bits per heavy atom. The average molecular weight is 336 g/mol. The normalized spacial score (nSPS) is 10.1. The van der Waals surface area contributed by atoms with Crippen molar-refractivity contribution >= 4 is 11.6 Å². The van der Waals surface area contributed by atoms with Crippen LogP contribution < -0.4 is 10.1 Å². The smallest absolute Gasteiger partial charge is 0.291 e. The van der Waals surface area contributed by atoms with Crippen LogP contribution >= 0.6 is 0 Å². The van der Waals surface area contributed by atoms with E-state index in [1.807, 2.05) is 6.07 Å². The highest BCUT2D eigenvalue weighted by atomic mass is 19.1. The highest BCUT2D eigenvalue weighted by Crippen LogP contribution is 2.16. The fourth-order valence-electron chi connectivity index (χ4n) is 2.08. The van der Waals surface area contributed by atoms with Crippen molar-refractivity contribution in [1.29, 1.82) is 5.26 Å². The summed E-state index contributed by atoms with van der Waals surface area (Å²) in [6.07, 6.45) is 0. The van der Waals surface area contributed by atoms with Gasteiger partial charge in [-0.15, -0.1) is 0 Å². The Kier molecular flexibility index (Phi) is 4.77. The number of ether oxygens (including phenoxy) is 1. The van der Waals surface area contributed by atoms with Crippen LogP contribution in [0.4, 0.5) is 10.1 Å². The first kappa shape index (κ1) is 16.3. The lowest BCUT2D eigenvalue weighted by molar-refractivity contribution is 0.0992. The lowest BCUT2D eigenvalue weighted by Gasteiger charge is -2.04. The molecule has 3 rings (SSSR count). The molecule has 25 heavy (non-hydrogen) atoms. The van der Waals surface area contributed by atoms with Gasteiger partial charge in [0.1, 0.15) is 23.9 Å². The fraction of sp³-hybridized carbons (Fsp3) is 0.0526. The number of benzene rings is 2. The molecule has 1 amide bonds. The van der Waals surface area contributed by atoms with Crippen molar-refractivity contribution in [3.8, 4) is 11.8 Å². The number of hydrogen-bond acceptors (Lipinski definition) is 4. The van der Waals surface area contributed by atoms with E-state index in [1.54, 1.807) is 36.4 Å². The standard InChI is InChI=1S/C19H13FN2O3/c20-14-3-7-16(8-4-14)24-12-17-9-10-18(25-17)19(23)22-15-5-1-13(11-21)2-6-15/h1-10H,12H2,(H,22,23). The lowest BCUT2D eigenvalue weighted by atomic mass is 10.2. The second-order valence-electron chi connectivity index (χ2n) is 5.15. The van der Waals surface area contributed by atoms with Crippen LogP contribution in [-0.2, 0) is 6.61 Å². The first-order chi connectivity index (χ1) is 12.1. The van der Waals surface area contributed by atoms with Gasteiger partial charge in [-0.25, -0.2) is 4.39 Å². The van der Waals surface area contributed by atoms with E-state index in [2.05, 4.69) is 5.32 Å². The van der Waals surface area contributed by atoms with Crippen molar-refractivity contribution in [1.82, 2.24) is 0 Å². The number of carbonyl (C=O) groups is 1. The number of nitrogens with zero attached hydrogens (tertiary/aromatic N) is 1. The number of hydrogen-bond donors (Lipinski definition) is 1. The van der Waals surface area contributed by atoms with Crippen LogP contribution in [0.2, 0.25) is 0 Å². The summed E-state index contributed by atoms with van der Waals surface area (Å²) in [6.45, 7) is 0.121. The Morgan fingerprint density at radius 3 is 2.48 bits per heavy atom. The SMILES string of the molecule is N#Cc1ccc(NC(=O)c2ccc(COc3ccc(F)cc3)o2)cc1. The second kappa shape index (κ2) is 7.32. The molecule has 1 N–H and O–H groups in total. The van der Waals surface area contributed by atoms with Gasteiger partial charge in [-0.05, 0) is 60.7 Å². The Balaban J connectivity index is 1.59. The van der Waals surface area contributed by atoms with Crippen LogP contribution in [0.3, 0.4) is 0 Å². The zero-order chi connectivity index (χ0) is 17.6. The lowest BCUT2D eigenvalue weighted by Crippen LogP contribution is -2.10. The largest absolute Gasteiger partial charge is 0.486 e. The molecular weight excluding hydrogens is 323 g/mol. The monoisotopic (exact) mass is 336 g/mol. The maximum absolute atomic E-state index is 12.8. The number of carbonyl (C=O) groups excluding carboxylic acids is 1. The van der Waals surface area contributed by atoms with Gasteiger partial charge in [0.2, 0.25) is 0 Å². The molecule has 0 bridgehead atoms. The van der Waals surface area contributed by atoms with Crippen LogP contribution in [0.25, 0.3) is 0 Å². The molecule has 0 aliphatic carbocycles. The van der Waals surface area contributed by atoms with Gasteiger partial charge in [0, 0.05) is 5.69 Å². The molecule has 0 aliphatic rings. The molecule has 6 heteroatoms. The third-order valence-corrected chi connectivity index (χ3v) is 3.35. The van der Waals surface area contributed by atoms with E-state index in [4.69, 9.17) is 14.4 Å². The van der Waals surface area contributed by atoms with E-state index < -0.39 is 5.91 Å². The molecule has 2 aromatic carbocycles. The van der Waals surface area contributed by atoms with Gasteiger partial charge in [-0.2, -0.15) is 5.26 Å². The zero-order valence-electron chi connectivity index (χ0n) is 13.0. The molecule has 0 saturated carbocycles. The van der Waals surface area contributed by atoms with Crippen molar-refractivity contribution in [3.05, 3.63) is 83.6 Å². The molecule has 1 aromatic heterocycles. The number of halogens is 1. The summed E-state index contributed by atoms with van der Waals surface area (Å²) in [6, 6.07) is 17.3. The minimum absolute atomic E-state index is 0.121. The van der Waals surface area contributed by atoms with Gasteiger partial charge in [-0.3, -0.25) is 4.79 Å². The van der Waals surface area contributed by atoms with E-state index >= 15 is 0 Å². The van der Waals surface area contributed by atoms with Crippen molar-refractivity contribution in [3.63, 3.8) is 0 Å². The zero-order valence-corrected chi connectivity index (χ0v) is 13.0. The Bertz CT molecular complexity index is 909. The van der Waals surface area contributed by atoms with Gasteiger partial charge in [0.25, 0.3) is 5.91 Å². The summed E-state index contributed by atoms with van der Waals surface area (Å²) in [4.78, 5) is 12.1. The number of anilines is 1. The van der Waals surface area contributed by atoms with Crippen molar-refractivity contribution in [2.24, 2.45) is 0 Å². The quantitative estimate of drug-likeness (QED) is 0.760. The van der Waals surface area contributed by atoms with Crippen molar-refractivity contribution < 1.29 is 18.3 Å². The molecule has 0 aliphatic heterocycles. The van der Waals surface area contributed by atoms with Gasteiger partial charge < -0.3 is 14.5 Å². The molecule has 0 atom stereocenters. The summed E-state index contributed by atoms with van der Waals surface area (Å²) in [7, 11) is 0.